The first-order chi connectivity index (χ1) is 29.8. The van der Waals surface area contributed by atoms with E-state index < -0.39 is 0 Å². The number of benzene rings is 11. The van der Waals surface area contributed by atoms with Crippen LogP contribution in [0.25, 0.3) is 130 Å². The Labute approximate surface area is 350 Å². The van der Waals surface area contributed by atoms with Crippen LogP contribution in [-0.4, -0.2) is 0 Å². The van der Waals surface area contributed by atoms with Crippen LogP contribution < -0.4 is 0 Å². The lowest BCUT2D eigenvalue weighted by Crippen LogP contribution is -1.91. The number of furan rings is 1. The largest absolute Gasteiger partial charge is 0.455 e. The van der Waals surface area contributed by atoms with Crippen molar-refractivity contribution in [3.05, 3.63) is 206 Å². The van der Waals surface area contributed by atoms with E-state index in [0.29, 0.717) is 0 Å². The lowest BCUT2D eigenvalue weighted by Gasteiger charge is -2.18. The fourth-order valence-electron chi connectivity index (χ4n) is 10.1. The van der Waals surface area contributed by atoms with Crippen molar-refractivity contribution in [3.8, 4) is 44.5 Å². The Kier molecular flexibility index (Phi) is 7.24. The molecule has 0 saturated heterocycles. The summed E-state index contributed by atoms with van der Waals surface area (Å²) in [5.41, 5.74) is 11.5. The maximum atomic E-state index is 6.97. The Bertz CT molecular complexity index is 3770. The van der Waals surface area contributed by atoms with Crippen molar-refractivity contribution in [2.24, 2.45) is 0 Å². The molecule has 0 spiro atoms. The first kappa shape index (κ1) is 33.5. The maximum Gasteiger partial charge on any atom is 0.143 e. The van der Waals surface area contributed by atoms with Crippen molar-refractivity contribution < 1.29 is 4.42 Å². The molecule has 1 nitrogen and oxygen atoms in total. The Morgan fingerprint density at radius 1 is 0.267 bits per heavy atom. The summed E-state index contributed by atoms with van der Waals surface area (Å²) in [4.78, 5) is 0. The van der Waals surface area contributed by atoms with Gasteiger partial charge in [-0.1, -0.05) is 182 Å². The van der Waals surface area contributed by atoms with E-state index in [1.54, 1.807) is 0 Å². The van der Waals surface area contributed by atoms with E-state index in [9.17, 15) is 0 Å². The van der Waals surface area contributed by atoms with Crippen molar-refractivity contribution >= 4 is 96.5 Å². The quantitative estimate of drug-likeness (QED) is 0.162. The van der Waals surface area contributed by atoms with Crippen LogP contribution in [0.3, 0.4) is 0 Å². The molecule has 0 aliphatic carbocycles. The highest BCUT2D eigenvalue weighted by molar-refractivity contribution is 7.25. The van der Waals surface area contributed by atoms with Crippen LogP contribution in [0.4, 0.5) is 0 Å². The van der Waals surface area contributed by atoms with E-state index >= 15 is 0 Å². The Morgan fingerprint density at radius 3 is 1.32 bits per heavy atom. The number of thiophene rings is 1. The molecule has 2 aromatic heterocycles. The van der Waals surface area contributed by atoms with Gasteiger partial charge in [-0.25, -0.2) is 0 Å². The molecule has 60 heavy (non-hydrogen) atoms. The maximum absolute atomic E-state index is 6.97. The van der Waals surface area contributed by atoms with Gasteiger partial charge in [0.15, 0.2) is 0 Å². The molecule has 0 bridgehead atoms. The topological polar surface area (TPSA) is 13.1 Å². The van der Waals surface area contributed by atoms with Crippen LogP contribution in [0.2, 0.25) is 0 Å². The summed E-state index contributed by atoms with van der Waals surface area (Å²) in [5.74, 6) is 0. The summed E-state index contributed by atoms with van der Waals surface area (Å²) in [6, 6.07) is 75.6. The van der Waals surface area contributed by atoms with Gasteiger partial charge >= 0.3 is 0 Å². The van der Waals surface area contributed by atoms with Gasteiger partial charge in [-0.15, -0.1) is 11.3 Å². The minimum atomic E-state index is 0.887. The second kappa shape index (κ2) is 13.0. The molecule has 2 heterocycles. The van der Waals surface area contributed by atoms with Crippen LogP contribution in [0.5, 0.6) is 0 Å². The van der Waals surface area contributed by atoms with Gasteiger partial charge in [0, 0.05) is 42.1 Å². The fourth-order valence-corrected chi connectivity index (χ4v) is 11.3. The van der Waals surface area contributed by atoms with Crippen molar-refractivity contribution in [2.45, 2.75) is 0 Å². The molecule has 11 aromatic carbocycles. The van der Waals surface area contributed by atoms with Gasteiger partial charge in [0.2, 0.25) is 0 Å². The zero-order valence-electron chi connectivity index (χ0n) is 32.4. The van der Waals surface area contributed by atoms with Gasteiger partial charge in [0.1, 0.15) is 11.2 Å². The highest BCUT2D eigenvalue weighted by Gasteiger charge is 2.22. The summed E-state index contributed by atoms with van der Waals surface area (Å²) in [7, 11) is 0. The van der Waals surface area contributed by atoms with Crippen LogP contribution in [-0.2, 0) is 0 Å². The SMILES string of the molecule is c1ccc(-c2c3ccccc3c(-c3ccc4oc5c(-c6c7ccccc7c(-c7ccc8c(c7)sc7ccccc78)c7ccccc67)cccc5c4c3)c3ccccc23)cc1. The molecule has 13 aromatic rings. The number of para-hydroxylation sites is 1. The highest BCUT2D eigenvalue weighted by atomic mass is 32.1. The number of hydrogen-bond acceptors (Lipinski definition) is 2. The van der Waals surface area contributed by atoms with Gasteiger partial charge in [-0.05, 0) is 101 Å². The van der Waals surface area contributed by atoms with Crippen LogP contribution in [0.15, 0.2) is 211 Å². The number of hydrogen-bond donors (Lipinski definition) is 0. The van der Waals surface area contributed by atoms with E-state index in [2.05, 4.69) is 206 Å². The molecule has 0 fully saturated rings. The molecule has 0 N–H and O–H groups in total. The monoisotopic (exact) mass is 778 g/mol. The molecule has 0 saturated carbocycles. The van der Waals surface area contributed by atoms with Gasteiger partial charge in [0.25, 0.3) is 0 Å². The van der Waals surface area contributed by atoms with Gasteiger partial charge in [-0.2, -0.15) is 0 Å². The number of rotatable bonds is 4. The van der Waals surface area contributed by atoms with E-state index in [-0.39, 0.29) is 0 Å². The predicted molar refractivity (Wildman–Crippen MR) is 258 cm³/mol. The molecule has 278 valence electrons. The lowest BCUT2D eigenvalue weighted by atomic mass is 9.85. The molecular formula is C58H34OS. The van der Waals surface area contributed by atoms with Crippen LogP contribution in [0.1, 0.15) is 0 Å². The summed E-state index contributed by atoms with van der Waals surface area (Å²) in [6.45, 7) is 0. The Hall–Kier alpha value is -7.52. The summed E-state index contributed by atoms with van der Waals surface area (Å²) in [6.07, 6.45) is 0. The van der Waals surface area contributed by atoms with E-state index in [1.807, 2.05) is 11.3 Å². The molecule has 0 unspecified atom stereocenters. The third-order valence-electron chi connectivity index (χ3n) is 12.6. The second-order valence-corrected chi connectivity index (χ2v) is 16.9. The molecular weight excluding hydrogens is 745 g/mol. The second-order valence-electron chi connectivity index (χ2n) is 15.9. The summed E-state index contributed by atoms with van der Waals surface area (Å²) in [5, 5.41) is 14.8. The van der Waals surface area contributed by atoms with Crippen LogP contribution >= 0.6 is 11.3 Å². The molecule has 0 amide bonds. The lowest BCUT2D eigenvalue weighted by molar-refractivity contribution is 0.670. The van der Waals surface area contributed by atoms with Crippen LogP contribution in [0, 0.1) is 0 Å². The van der Waals surface area contributed by atoms with Gasteiger partial charge in [0.05, 0.1) is 0 Å². The first-order valence-electron chi connectivity index (χ1n) is 20.6. The molecule has 2 heteroatoms. The molecule has 0 aliphatic heterocycles. The van der Waals surface area contributed by atoms with Gasteiger partial charge < -0.3 is 4.42 Å². The number of fused-ring (bicyclic) bond motifs is 10. The van der Waals surface area contributed by atoms with Crippen molar-refractivity contribution in [2.75, 3.05) is 0 Å². The van der Waals surface area contributed by atoms with Crippen molar-refractivity contribution in [3.63, 3.8) is 0 Å². The third kappa shape index (κ3) is 4.86. The fraction of sp³-hybridized carbons (Fsp3) is 0. The smallest absolute Gasteiger partial charge is 0.143 e. The molecule has 13 rings (SSSR count). The minimum Gasteiger partial charge on any atom is -0.455 e. The Balaban J connectivity index is 1.04. The minimum absolute atomic E-state index is 0.887. The third-order valence-corrected chi connectivity index (χ3v) is 13.8. The van der Waals surface area contributed by atoms with E-state index in [1.165, 1.54) is 102 Å². The normalized spacial score (nSPS) is 12.0. The first-order valence-corrected chi connectivity index (χ1v) is 21.4. The predicted octanol–water partition coefficient (Wildman–Crippen LogP) is 17.2. The van der Waals surface area contributed by atoms with Crippen molar-refractivity contribution in [1.82, 2.24) is 0 Å². The molecule has 0 aliphatic rings. The van der Waals surface area contributed by atoms with Crippen molar-refractivity contribution in [1.29, 1.82) is 0 Å². The van der Waals surface area contributed by atoms with Gasteiger partial charge in [-0.3, -0.25) is 0 Å². The van der Waals surface area contributed by atoms with E-state index in [4.69, 9.17) is 4.42 Å². The zero-order valence-corrected chi connectivity index (χ0v) is 33.3. The highest BCUT2D eigenvalue weighted by Crippen LogP contribution is 2.49. The standard InChI is InChI=1S/C58H34OS/c1-2-15-35(16-3-1)54-40-18-4-6-20-42(40)55(43-21-7-5-19-41(43)54)36-30-32-51-50(33-36)48-26-14-27-49(58(48)59-51)57-46-24-10-8-22-44(46)56(45-23-9-11-25-47(45)57)37-29-31-39-38-17-12-13-28-52(38)60-53(39)34-37/h1-34H. The Morgan fingerprint density at radius 2 is 0.717 bits per heavy atom. The van der Waals surface area contributed by atoms with E-state index in [0.717, 1.165) is 27.5 Å². The average molecular weight is 779 g/mol. The zero-order chi connectivity index (χ0) is 39.3. The average Bonchev–Trinajstić information content (AvgIpc) is 3.88. The summed E-state index contributed by atoms with van der Waals surface area (Å²) < 4.78 is 9.61. The molecule has 0 atom stereocenters. The summed E-state index contributed by atoms with van der Waals surface area (Å²) >= 11 is 1.87. The molecule has 0 radical (unpaired) electrons.